The largest absolute Gasteiger partial charge is 0.468 e. The summed E-state index contributed by atoms with van der Waals surface area (Å²) in [6.45, 7) is 0.332. The van der Waals surface area contributed by atoms with Crippen molar-refractivity contribution in [3.63, 3.8) is 0 Å². The third-order valence-electron chi connectivity index (χ3n) is 2.41. The van der Waals surface area contributed by atoms with Gasteiger partial charge in [-0.3, -0.25) is 0 Å². The van der Waals surface area contributed by atoms with E-state index in [-0.39, 0.29) is 6.10 Å². The topological polar surface area (TPSA) is 18.5 Å². The lowest BCUT2D eigenvalue weighted by Crippen LogP contribution is -2.12. The zero-order valence-electron chi connectivity index (χ0n) is 8.76. The summed E-state index contributed by atoms with van der Waals surface area (Å²) >= 11 is 0. The van der Waals surface area contributed by atoms with E-state index in [0.717, 1.165) is 25.0 Å². The van der Waals surface area contributed by atoms with Crippen LogP contribution < -0.4 is 0 Å². The number of hydrogen-bond acceptors (Lipinski definition) is 2. The van der Waals surface area contributed by atoms with Crippen molar-refractivity contribution in [1.29, 1.82) is 0 Å². The van der Waals surface area contributed by atoms with Crippen LogP contribution in [0.2, 0.25) is 0 Å². The van der Waals surface area contributed by atoms with Crippen LogP contribution in [0.1, 0.15) is 19.3 Å². The highest BCUT2D eigenvalue weighted by Crippen LogP contribution is 2.12. The first-order chi connectivity index (χ1) is 7.45. The molecule has 0 heterocycles. The van der Waals surface area contributed by atoms with Crippen molar-refractivity contribution in [2.45, 2.75) is 25.4 Å². The van der Waals surface area contributed by atoms with E-state index in [4.69, 9.17) is 9.47 Å². The van der Waals surface area contributed by atoms with Gasteiger partial charge < -0.3 is 9.47 Å². The minimum atomic E-state index is 0.170. The number of ether oxygens (including phenoxy) is 2. The van der Waals surface area contributed by atoms with Crippen molar-refractivity contribution < 1.29 is 9.47 Å². The van der Waals surface area contributed by atoms with Crippen LogP contribution in [0.15, 0.2) is 48.3 Å². The summed E-state index contributed by atoms with van der Waals surface area (Å²) in [6, 6.07) is 0. The SMILES string of the molecule is C1=CCC(OCOC2=CCCC=C2)C=C1. The second-order valence-corrected chi connectivity index (χ2v) is 3.60. The molecule has 0 radical (unpaired) electrons. The van der Waals surface area contributed by atoms with Gasteiger partial charge in [-0.25, -0.2) is 0 Å². The van der Waals surface area contributed by atoms with Gasteiger partial charge in [0.05, 0.1) is 6.10 Å². The lowest BCUT2D eigenvalue weighted by atomic mass is 10.1. The Morgan fingerprint density at radius 1 is 1.20 bits per heavy atom. The molecule has 0 bridgehead atoms. The molecule has 0 saturated heterocycles. The van der Waals surface area contributed by atoms with Crippen LogP contribution in [-0.2, 0) is 9.47 Å². The van der Waals surface area contributed by atoms with Crippen LogP contribution in [0, 0.1) is 0 Å². The molecule has 0 saturated carbocycles. The molecule has 1 atom stereocenters. The summed E-state index contributed by atoms with van der Waals surface area (Å²) in [4.78, 5) is 0. The van der Waals surface area contributed by atoms with E-state index in [1.165, 1.54) is 0 Å². The molecule has 0 N–H and O–H groups in total. The van der Waals surface area contributed by atoms with E-state index < -0.39 is 0 Å². The number of allylic oxidation sites excluding steroid dienone is 5. The van der Waals surface area contributed by atoms with Crippen molar-refractivity contribution in [1.82, 2.24) is 0 Å². The minimum Gasteiger partial charge on any atom is -0.468 e. The Morgan fingerprint density at radius 3 is 2.93 bits per heavy atom. The molecule has 80 valence electrons. The fourth-order valence-corrected chi connectivity index (χ4v) is 1.57. The quantitative estimate of drug-likeness (QED) is 0.655. The van der Waals surface area contributed by atoms with E-state index in [2.05, 4.69) is 24.3 Å². The fourth-order valence-electron chi connectivity index (χ4n) is 1.57. The number of hydrogen-bond donors (Lipinski definition) is 0. The fraction of sp³-hybridized carbons (Fsp3) is 0.385. The molecule has 0 spiro atoms. The summed E-state index contributed by atoms with van der Waals surface area (Å²) in [5, 5.41) is 0. The summed E-state index contributed by atoms with van der Waals surface area (Å²) in [5.41, 5.74) is 0. The highest BCUT2D eigenvalue weighted by atomic mass is 16.7. The lowest BCUT2D eigenvalue weighted by Gasteiger charge is -2.15. The highest BCUT2D eigenvalue weighted by Gasteiger charge is 2.05. The molecule has 2 rings (SSSR count). The molecule has 0 aromatic carbocycles. The van der Waals surface area contributed by atoms with Gasteiger partial charge in [-0.1, -0.05) is 30.4 Å². The van der Waals surface area contributed by atoms with Gasteiger partial charge in [-0.15, -0.1) is 0 Å². The average molecular weight is 204 g/mol. The summed E-state index contributed by atoms with van der Waals surface area (Å²) < 4.78 is 11.0. The minimum absolute atomic E-state index is 0.170. The zero-order valence-corrected chi connectivity index (χ0v) is 8.76. The molecule has 0 fully saturated rings. The van der Waals surface area contributed by atoms with E-state index >= 15 is 0 Å². The second kappa shape index (κ2) is 5.56. The molecular weight excluding hydrogens is 188 g/mol. The summed E-state index contributed by atoms with van der Waals surface area (Å²) in [6.07, 6.45) is 17.7. The molecular formula is C13H16O2. The molecule has 2 heteroatoms. The normalized spacial score (nSPS) is 24.0. The average Bonchev–Trinajstić information content (AvgIpc) is 2.32. The molecule has 0 aliphatic heterocycles. The van der Waals surface area contributed by atoms with Crippen LogP contribution in [0.5, 0.6) is 0 Å². The van der Waals surface area contributed by atoms with E-state index in [1.54, 1.807) is 0 Å². The van der Waals surface area contributed by atoms with Gasteiger partial charge >= 0.3 is 0 Å². The molecule has 2 nitrogen and oxygen atoms in total. The van der Waals surface area contributed by atoms with Gasteiger partial charge in [0.1, 0.15) is 5.76 Å². The van der Waals surface area contributed by atoms with Crippen LogP contribution in [0.3, 0.4) is 0 Å². The first-order valence-electron chi connectivity index (χ1n) is 5.39. The Bertz CT molecular complexity index is 310. The Labute approximate surface area is 90.6 Å². The van der Waals surface area contributed by atoms with Gasteiger partial charge in [0, 0.05) is 0 Å². The van der Waals surface area contributed by atoms with E-state index in [9.17, 15) is 0 Å². The molecule has 15 heavy (non-hydrogen) atoms. The lowest BCUT2D eigenvalue weighted by molar-refractivity contribution is -0.0452. The van der Waals surface area contributed by atoms with Crippen LogP contribution in [-0.4, -0.2) is 12.9 Å². The standard InChI is InChI=1S/C13H16O2/c1-3-7-12(8-4-1)14-11-15-13-9-5-2-6-10-13/h1,3-5,7,9-10,12H,2,6,8,11H2. The Hall–Kier alpha value is -1.28. The van der Waals surface area contributed by atoms with Crippen molar-refractivity contribution in [2.75, 3.05) is 6.79 Å². The Balaban J connectivity index is 1.66. The van der Waals surface area contributed by atoms with Gasteiger partial charge in [0.2, 0.25) is 0 Å². The summed E-state index contributed by atoms with van der Waals surface area (Å²) in [5.74, 6) is 0.927. The maximum atomic E-state index is 5.55. The molecule has 0 aromatic rings. The smallest absolute Gasteiger partial charge is 0.189 e. The van der Waals surface area contributed by atoms with E-state index in [0.29, 0.717) is 6.79 Å². The number of rotatable bonds is 4. The van der Waals surface area contributed by atoms with Crippen LogP contribution in [0.4, 0.5) is 0 Å². The molecule has 2 aliphatic rings. The monoisotopic (exact) mass is 204 g/mol. The molecule has 2 aliphatic carbocycles. The van der Waals surface area contributed by atoms with E-state index in [1.807, 2.05) is 18.2 Å². The van der Waals surface area contributed by atoms with Gasteiger partial charge in [-0.05, 0) is 31.4 Å². The first kappa shape index (κ1) is 10.2. The predicted octanol–water partition coefficient (Wildman–Crippen LogP) is 3.10. The van der Waals surface area contributed by atoms with Crippen molar-refractivity contribution >= 4 is 0 Å². The van der Waals surface area contributed by atoms with Crippen molar-refractivity contribution in [3.8, 4) is 0 Å². The van der Waals surface area contributed by atoms with Gasteiger partial charge in [0.15, 0.2) is 6.79 Å². The molecule has 1 unspecified atom stereocenters. The highest BCUT2D eigenvalue weighted by molar-refractivity contribution is 5.16. The summed E-state index contributed by atoms with van der Waals surface area (Å²) in [7, 11) is 0. The van der Waals surface area contributed by atoms with Crippen molar-refractivity contribution in [2.24, 2.45) is 0 Å². The van der Waals surface area contributed by atoms with Crippen molar-refractivity contribution in [3.05, 3.63) is 48.3 Å². The molecule has 0 aromatic heterocycles. The van der Waals surface area contributed by atoms with Gasteiger partial charge in [0.25, 0.3) is 0 Å². The molecule has 0 amide bonds. The van der Waals surface area contributed by atoms with Crippen LogP contribution >= 0.6 is 0 Å². The maximum absolute atomic E-state index is 5.55. The Morgan fingerprint density at radius 2 is 2.20 bits per heavy atom. The predicted molar refractivity (Wildman–Crippen MR) is 60.2 cm³/mol. The van der Waals surface area contributed by atoms with Crippen LogP contribution in [0.25, 0.3) is 0 Å². The maximum Gasteiger partial charge on any atom is 0.189 e. The third kappa shape index (κ3) is 3.40. The van der Waals surface area contributed by atoms with Gasteiger partial charge in [-0.2, -0.15) is 0 Å². The second-order valence-electron chi connectivity index (χ2n) is 3.60. The third-order valence-corrected chi connectivity index (χ3v) is 2.41. The zero-order chi connectivity index (χ0) is 10.3. The first-order valence-corrected chi connectivity index (χ1v) is 5.39. The Kier molecular flexibility index (Phi) is 3.80.